The van der Waals surface area contributed by atoms with Crippen LogP contribution in [0.3, 0.4) is 0 Å². The van der Waals surface area contributed by atoms with Crippen LogP contribution in [0.1, 0.15) is 36.5 Å². The van der Waals surface area contributed by atoms with Gasteiger partial charge in [-0.1, -0.05) is 19.9 Å². The highest BCUT2D eigenvalue weighted by Crippen LogP contribution is 2.40. The third kappa shape index (κ3) is 5.32. The fraction of sp³-hybridized carbons (Fsp3) is 0.333. The van der Waals surface area contributed by atoms with Crippen molar-refractivity contribution < 1.29 is 32.6 Å². The van der Waals surface area contributed by atoms with Gasteiger partial charge in [-0.25, -0.2) is 8.42 Å². The second-order valence-electron chi connectivity index (χ2n) is 6.78. The molecule has 7 nitrogen and oxygen atoms in total. The van der Waals surface area contributed by atoms with Crippen molar-refractivity contribution in [1.29, 1.82) is 0 Å². The molecule has 0 atom stereocenters. The van der Waals surface area contributed by atoms with Crippen LogP contribution in [-0.2, 0) is 14.4 Å². The van der Waals surface area contributed by atoms with Gasteiger partial charge < -0.3 is 19.6 Å². The SMILES string of the molecule is Cc1cc(S(=O)(=O)CP(=O)(O)O)cc(C)c1Oc1ccc(C(C)C)cc1O. The number of hydrogen-bond acceptors (Lipinski definition) is 5. The van der Waals surface area contributed by atoms with Gasteiger partial charge in [-0.2, -0.15) is 0 Å². The lowest BCUT2D eigenvalue weighted by molar-refractivity contribution is 0.378. The van der Waals surface area contributed by atoms with E-state index in [0.29, 0.717) is 16.9 Å². The number of rotatable bonds is 6. The molecule has 0 bridgehead atoms. The molecule has 2 aromatic carbocycles. The minimum atomic E-state index is -4.72. The van der Waals surface area contributed by atoms with Crippen LogP contribution in [0.15, 0.2) is 35.2 Å². The monoisotopic (exact) mass is 414 g/mol. The third-order valence-corrected chi connectivity index (χ3v) is 7.65. The summed E-state index contributed by atoms with van der Waals surface area (Å²) in [5.74, 6) is 0.819. The Bertz CT molecular complexity index is 983. The van der Waals surface area contributed by atoms with E-state index >= 15 is 0 Å². The molecule has 0 saturated carbocycles. The predicted octanol–water partition coefficient (Wildman–Crippen LogP) is 3.83. The summed E-state index contributed by atoms with van der Waals surface area (Å²) in [4.78, 5) is 17.8. The highest BCUT2D eigenvalue weighted by atomic mass is 32.2. The lowest BCUT2D eigenvalue weighted by atomic mass is 10.0. The molecule has 0 unspecified atom stereocenters. The molecule has 148 valence electrons. The van der Waals surface area contributed by atoms with E-state index in [0.717, 1.165) is 5.56 Å². The number of ether oxygens (including phenoxy) is 1. The average Bonchev–Trinajstić information content (AvgIpc) is 2.49. The fourth-order valence-corrected chi connectivity index (χ4v) is 5.72. The summed E-state index contributed by atoms with van der Waals surface area (Å²) < 4.78 is 41.3. The molecule has 0 aliphatic carbocycles. The molecule has 27 heavy (non-hydrogen) atoms. The quantitative estimate of drug-likeness (QED) is 0.614. The number of aromatic hydroxyl groups is 1. The van der Waals surface area contributed by atoms with Gasteiger partial charge in [-0.05, 0) is 60.7 Å². The van der Waals surface area contributed by atoms with Crippen LogP contribution in [0.2, 0.25) is 0 Å². The molecular weight excluding hydrogens is 391 g/mol. The van der Waals surface area contributed by atoms with Crippen LogP contribution in [-0.4, -0.2) is 28.8 Å². The Kier molecular flexibility index (Phi) is 6.06. The second-order valence-corrected chi connectivity index (χ2v) is 10.8. The molecule has 3 N–H and O–H groups in total. The molecule has 0 saturated heterocycles. The van der Waals surface area contributed by atoms with Gasteiger partial charge in [0.05, 0.1) is 4.90 Å². The number of hydrogen-bond donors (Lipinski definition) is 3. The molecule has 0 heterocycles. The van der Waals surface area contributed by atoms with Crippen molar-refractivity contribution in [3.63, 3.8) is 0 Å². The molecule has 0 aliphatic heterocycles. The smallest absolute Gasteiger partial charge is 0.340 e. The number of phenols is 1. The molecule has 0 fully saturated rings. The van der Waals surface area contributed by atoms with Gasteiger partial charge in [-0.15, -0.1) is 0 Å². The Labute approximate surface area is 158 Å². The topological polar surface area (TPSA) is 121 Å². The zero-order chi connectivity index (χ0) is 20.6. The van der Waals surface area contributed by atoms with Crippen molar-refractivity contribution in [2.45, 2.75) is 38.5 Å². The first-order chi connectivity index (χ1) is 12.3. The average molecular weight is 414 g/mol. The van der Waals surface area contributed by atoms with Crippen LogP contribution in [0.25, 0.3) is 0 Å². The largest absolute Gasteiger partial charge is 0.504 e. The molecular formula is C18H23O7PS. The van der Waals surface area contributed by atoms with E-state index < -0.39 is 22.9 Å². The predicted molar refractivity (Wildman–Crippen MR) is 102 cm³/mol. The van der Waals surface area contributed by atoms with Gasteiger partial charge in [0.2, 0.25) is 0 Å². The Balaban J connectivity index is 2.40. The molecule has 0 radical (unpaired) electrons. The lowest BCUT2D eigenvalue weighted by Gasteiger charge is -2.16. The number of benzene rings is 2. The van der Waals surface area contributed by atoms with Gasteiger partial charge in [0.1, 0.15) is 5.75 Å². The van der Waals surface area contributed by atoms with Crippen LogP contribution < -0.4 is 4.74 Å². The summed E-state index contributed by atoms with van der Waals surface area (Å²) in [6.45, 7) is 7.25. The van der Waals surface area contributed by atoms with E-state index in [2.05, 4.69) is 0 Å². The zero-order valence-electron chi connectivity index (χ0n) is 15.5. The van der Waals surface area contributed by atoms with Gasteiger partial charge in [0, 0.05) is 0 Å². The molecule has 2 rings (SSSR count). The van der Waals surface area contributed by atoms with E-state index in [1.807, 2.05) is 19.9 Å². The molecule has 0 aromatic heterocycles. The van der Waals surface area contributed by atoms with E-state index in [4.69, 9.17) is 14.5 Å². The van der Waals surface area contributed by atoms with E-state index in [1.165, 1.54) is 12.1 Å². The molecule has 9 heteroatoms. The number of sulfone groups is 1. The third-order valence-electron chi connectivity index (χ3n) is 3.99. The summed E-state index contributed by atoms with van der Waals surface area (Å²) in [7, 11) is -8.87. The van der Waals surface area contributed by atoms with Crippen LogP contribution in [0.4, 0.5) is 0 Å². The Morgan fingerprint density at radius 2 is 1.63 bits per heavy atom. The van der Waals surface area contributed by atoms with Gasteiger partial charge >= 0.3 is 7.60 Å². The van der Waals surface area contributed by atoms with Gasteiger partial charge in [-0.3, -0.25) is 4.57 Å². The van der Waals surface area contributed by atoms with Crippen molar-refractivity contribution in [2.75, 3.05) is 5.49 Å². The van der Waals surface area contributed by atoms with Crippen molar-refractivity contribution >= 4 is 17.4 Å². The van der Waals surface area contributed by atoms with Crippen molar-refractivity contribution in [2.24, 2.45) is 0 Å². The second kappa shape index (κ2) is 7.64. The standard InChI is InChI=1S/C18H23O7PS/c1-11(2)14-5-6-17(16(19)9-14)25-18-12(3)7-15(8-13(18)4)27(23,24)10-26(20,21)22/h5-9,11,19H,10H2,1-4H3,(H2,20,21,22). The van der Waals surface area contributed by atoms with Crippen molar-refractivity contribution in [3.05, 3.63) is 47.0 Å². The molecule has 0 aliphatic rings. The first-order valence-corrected chi connectivity index (χ1v) is 11.6. The summed E-state index contributed by atoms with van der Waals surface area (Å²) in [6.07, 6.45) is 0. The van der Waals surface area contributed by atoms with Crippen LogP contribution in [0, 0.1) is 13.8 Å². The Morgan fingerprint density at radius 1 is 1.07 bits per heavy atom. The molecule has 0 amide bonds. The summed E-state index contributed by atoms with van der Waals surface area (Å²) in [6, 6.07) is 7.69. The fourth-order valence-electron chi connectivity index (χ4n) is 2.64. The maximum atomic E-state index is 12.2. The number of phenolic OH excluding ortho intramolecular Hbond substituents is 1. The maximum absolute atomic E-state index is 12.2. The minimum Gasteiger partial charge on any atom is -0.504 e. The van der Waals surface area contributed by atoms with E-state index in [1.54, 1.807) is 26.0 Å². The maximum Gasteiger partial charge on any atom is 0.340 e. The summed E-state index contributed by atoms with van der Waals surface area (Å²) >= 11 is 0. The summed E-state index contributed by atoms with van der Waals surface area (Å²) in [5, 5.41) is 10.2. The first-order valence-electron chi connectivity index (χ1n) is 8.19. The molecule has 2 aromatic rings. The number of aryl methyl sites for hydroxylation is 2. The highest BCUT2D eigenvalue weighted by molar-refractivity contribution is 7.97. The van der Waals surface area contributed by atoms with Crippen LogP contribution in [0.5, 0.6) is 17.2 Å². The molecule has 0 spiro atoms. The highest BCUT2D eigenvalue weighted by Gasteiger charge is 2.27. The van der Waals surface area contributed by atoms with E-state index in [-0.39, 0.29) is 22.3 Å². The van der Waals surface area contributed by atoms with Gasteiger partial charge in [0.15, 0.2) is 26.8 Å². The Morgan fingerprint density at radius 3 is 2.07 bits per heavy atom. The summed E-state index contributed by atoms with van der Waals surface area (Å²) in [5.41, 5.74) is 0.627. The van der Waals surface area contributed by atoms with Crippen molar-refractivity contribution in [3.8, 4) is 17.2 Å². The van der Waals surface area contributed by atoms with Gasteiger partial charge in [0.25, 0.3) is 0 Å². The first kappa shape index (κ1) is 21.4. The van der Waals surface area contributed by atoms with E-state index in [9.17, 15) is 18.1 Å². The minimum absolute atomic E-state index is 0.0294. The zero-order valence-corrected chi connectivity index (χ0v) is 17.2. The lowest BCUT2D eigenvalue weighted by Crippen LogP contribution is -2.08. The normalized spacial score (nSPS) is 12.4. The van der Waals surface area contributed by atoms with Crippen LogP contribution >= 0.6 is 7.60 Å². The van der Waals surface area contributed by atoms with Crippen molar-refractivity contribution in [1.82, 2.24) is 0 Å². The Hall–Kier alpha value is -1.86.